The molecule has 0 saturated heterocycles. The number of nitrogens with two attached hydrogens (primary N) is 2. The first-order chi connectivity index (χ1) is 30.5. The lowest BCUT2D eigenvalue weighted by atomic mass is 10.0. The lowest BCUT2D eigenvalue weighted by Crippen LogP contribution is -2.59. The maximum atomic E-state index is 14.4. The summed E-state index contributed by atoms with van der Waals surface area (Å²) in [4.78, 5) is 83.8. The van der Waals surface area contributed by atoms with Crippen LogP contribution < -0.4 is 38.1 Å². The molecule has 5 atom stereocenters. The predicted octanol–water partition coefficient (Wildman–Crippen LogP) is 0.404. The van der Waals surface area contributed by atoms with Gasteiger partial charge in [-0.15, -0.1) is 0 Å². The van der Waals surface area contributed by atoms with Crippen molar-refractivity contribution >= 4 is 46.4 Å². The maximum Gasteiger partial charge on any atom is 0.243 e. The van der Waals surface area contributed by atoms with Gasteiger partial charge in [-0.25, -0.2) is 4.98 Å². The van der Waals surface area contributed by atoms with Crippen molar-refractivity contribution in [3.63, 3.8) is 0 Å². The highest BCUT2D eigenvalue weighted by atomic mass is 16.3. The van der Waals surface area contributed by atoms with Gasteiger partial charge >= 0.3 is 0 Å². The van der Waals surface area contributed by atoms with Gasteiger partial charge in [0.05, 0.1) is 19.0 Å². The molecule has 5 rings (SSSR count). The number of nitrogens with one attached hydrogen (secondary N) is 7. The van der Waals surface area contributed by atoms with Gasteiger partial charge in [-0.05, 0) is 48.4 Å². The lowest BCUT2D eigenvalue weighted by Gasteiger charge is -2.27. The average Bonchev–Trinajstić information content (AvgIpc) is 3.96. The molecule has 18 nitrogen and oxygen atoms in total. The molecule has 0 fully saturated rings. The van der Waals surface area contributed by atoms with Gasteiger partial charge in [0.1, 0.15) is 24.2 Å². The van der Waals surface area contributed by atoms with Crippen LogP contribution >= 0.6 is 0 Å². The van der Waals surface area contributed by atoms with Crippen LogP contribution in [0.5, 0.6) is 0 Å². The van der Waals surface area contributed by atoms with E-state index < -0.39 is 60.5 Å². The van der Waals surface area contributed by atoms with Crippen LogP contribution in [0, 0.1) is 0 Å². The van der Waals surface area contributed by atoms with Gasteiger partial charge < -0.3 is 58.2 Å². The molecule has 18 heteroatoms. The minimum Gasteiger partial charge on any atom is -0.394 e. The number of amides is 5. The molecular weight excluding hydrogens is 807 g/mol. The van der Waals surface area contributed by atoms with Crippen molar-refractivity contribution < 1.29 is 34.2 Å². The Morgan fingerprint density at radius 1 is 0.698 bits per heavy atom. The van der Waals surface area contributed by atoms with E-state index in [9.17, 15) is 34.2 Å². The van der Waals surface area contributed by atoms with E-state index in [0.717, 1.165) is 22.0 Å². The summed E-state index contributed by atoms with van der Waals surface area (Å²) in [7, 11) is 0. The quantitative estimate of drug-likeness (QED) is 0.0218. The van der Waals surface area contributed by atoms with Gasteiger partial charge in [-0.3, -0.25) is 29.0 Å². The number of rotatable bonds is 25. The van der Waals surface area contributed by atoms with Gasteiger partial charge in [0.15, 0.2) is 5.96 Å². The maximum absolute atomic E-state index is 14.4. The molecule has 2 aromatic heterocycles. The summed E-state index contributed by atoms with van der Waals surface area (Å²) in [6.07, 6.45) is 5.29. The number of guanidine groups is 1. The number of nitrogens with zero attached hydrogens (tertiary/aromatic N) is 2. The minimum atomic E-state index is -1.24. The highest BCUT2D eigenvalue weighted by Crippen LogP contribution is 2.19. The third-order valence-corrected chi connectivity index (χ3v) is 10.3. The topological polar surface area (TPSA) is 295 Å². The molecule has 0 radical (unpaired) electrons. The standard InChI is InChI=1S/C45H57N11O7/c46-45(47)49-20-10-18-36(42(61)56-38(41(60)51-26-33(58)27-57)22-31-24-50-35-17-8-7-16-34(31)35)54-43(62)37(21-30-13-5-2-6-14-30)55-44(63)39(23-32-25-48-28-52-32)53-40(59)19-9-15-29-11-3-1-4-12-29/h1-8,11-14,16-17,24-25,28,33,36-39,50,57-58H,9-10,15,18-23,26-27H2,(H,48,52)(H,51,60)(H,53,59)(H,54,62)(H,55,63)(H,56,61)(H4,46,47,49)/t33?,36-,37+,38-,39-/m0/s1. The molecule has 0 aliphatic carbocycles. The van der Waals surface area contributed by atoms with E-state index in [0.29, 0.717) is 24.1 Å². The van der Waals surface area contributed by atoms with Crippen LogP contribution in [0.1, 0.15) is 48.1 Å². The van der Waals surface area contributed by atoms with Crippen molar-refractivity contribution in [2.45, 2.75) is 81.6 Å². The van der Waals surface area contributed by atoms with Gasteiger partial charge in [0.2, 0.25) is 29.5 Å². The fourth-order valence-corrected chi connectivity index (χ4v) is 6.97. The minimum absolute atomic E-state index is 0.0291. The third-order valence-electron chi connectivity index (χ3n) is 10.3. The monoisotopic (exact) mass is 863 g/mol. The summed E-state index contributed by atoms with van der Waals surface area (Å²) in [5, 5.41) is 34.0. The molecule has 0 saturated carbocycles. The third kappa shape index (κ3) is 15.4. The Morgan fingerprint density at radius 2 is 1.32 bits per heavy atom. The van der Waals surface area contributed by atoms with E-state index in [1.54, 1.807) is 36.7 Å². The number of fused-ring (bicyclic) bond motifs is 1. The molecule has 0 bridgehead atoms. The zero-order valence-electron chi connectivity index (χ0n) is 35.0. The smallest absolute Gasteiger partial charge is 0.243 e. The van der Waals surface area contributed by atoms with Crippen molar-refractivity contribution in [2.75, 3.05) is 19.7 Å². The van der Waals surface area contributed by atoms with Gasteiger partial charge in [-0.1, -0.05) is 78.9 Å². The molecule has 0 spiro atoms. The Labute approximate surface area is 365 Å². The number of aromatic amines is 2. The summed E-state index contributed by atoms with van der Waals surface area (Å²) in [6.45, 7) is -0.731. The SMILES string of the molecule is NC(N)=NCCC[C@H](NC(=O)[C@@H](Cc1ccccc1)NC(=O)[C@H](Cc1cnc[nH]1)NC(=O)CCCc1ccccc1)C(=O)N[C@@H](Cc1c[nH]c2ccccc12)C(=O)NCC(O)CO. The zero-order chi connectivity index (χ0) is 45.0. The largest absolute Gasteiger partial charge is 0.394 e. The predicted molar refractivity (Wildman–Crippen MR) is 238 cm³/mol. The Bertz CT molecular complexity index is 2250. The van der Waals surface area contributed by atoms with Crippen molar-refractivity contribution in [1.29, 1.82) is 0 Å². The van der Waals surface area contributed by atoms with E-state index >= 15 is 0 Å². The zero-order valence-corrected chi connectivity index (χ0v) is 35.0. The molecule has 2 heterocycles. The van der Waals surface area contributed by atoms with Crippen LogP contribution in [0.3, 0.4) is 0 Å². The Hall–Kier alpha value is -7.05. The average molecular weight is 864 g/mol. The number of carbonyl (C=O) groups excluding carboxylic acids is 5. The van der Waals surface area contributed by atoms with Crippen molar-refractivity contribution in [3.8, 4) is 0 Å². The Balaban J connectivity index is 1.36. The number of para-hydroxylation sites is 1. The van der Waals surface area contributed by atoms with E-state index in [1.807, 2.05) is 60.7 Å². The number of aliphatic hydroxyl groups is 2. The first kappa shape index (κ1) is 47.0. The van der Waals surface area contributed by atoms with Crippen LogP contribution in [0.2, 0.25) is 0 Å². The van der Waals surface area contributed by atoms with Crippen LogP contribution in [0.25, 0.3) is 10.9 Å². The van der Waals surface area contributed by atoms with Crippen LogP contribution in [-0.2, 0) is 49.7 Å². The number of imidazole rings is 1. The Morgan fingerprint density at radius 3 is 1.98 bits per heavy atom. The van der Waals surface area contributed by atoms with Crippen LogP contribution in [-0.4, -0.2) is 111 Å². The van der Waals surface area contributed by atoms with Gasteiger partial charge in [0, 0.05) is 67.8 Å². The summed E-state index contributed by atoms with van der Waals surface area (Å²) in [5.74, 6) is -3.17. The van der Waals surface area contributed by atoms with E-state index in [2.05, 4.69) is 46.5 Å². The highest BCUT2D eigenvalue weighted by Gasteiger charge is 2.32. The number of H-pyrrole nitrogens is 2. The molecule has 3 aromatic carbocycles. The van der Waals surface area contributed by atoms with Crippen LogP contribution in [0.4, 0.5) is 0 Å². The second kappa shape index (κ2) is 24.4. The summed E-state index contributed by atoms with van der Waals surface area (Å²) in [6, 6.07) is 21.5. The molecule has 13 N–H and O–H groups in total. The molecule has 0 aliphatic heterocycles. The van der Waals surface area contributed by atoms with E-state index in [1.165, 1.54) is 6.33 Å². The molecule has 5 amide bonds. The second-order valence-electron chi connectivity index (χ2n) is 15.2. The van der Waals surface area contributed by atoms with Crippen molar-refractivity contribution in [1.82, 2.24) is 41.5 Å². The van der Waals surface area contributed by atoms with E-state index in [-0.39, 0.29) is 63.5 Å². The second-order valence-corrected chi connectivity index (χ2v) is 15.2. The molecule has 63 heavy (non-hydrogen) atoms. The fourth-order valence-electron chi connectivity index (χ4n) is 6.97. The number of aliphatic imine (C=N–C) groups is 1. The molecule has 1 unspecified atom stereocenters. The fraction of sp³-hybridized carbons (Fsp3) is 0.356. The first-order valence-electron chi connectivity index (χ1n) is 20.9. The van der Waals surface area contributed by atoms with Crippen LogP contribution in [0.15, 0.2) is 109 Å². The molecule has 334 valence electrons. The van der Waals surface area contributed by atoms with Crippen molar-refractivity contribution in [2.24, 2.45) is 16.5 Å². The Kier molecular flexibility index (Phi) is 18.2. The normalized spacial score (nSPS) is 13.4. The van der Waals surface area contributed by atoms with Crippen molar-refractivity contribution in [3.05, 3.63) is 126 Å². The molecular formula is C45H57N11O7. The molecule has 0 aliphatic rings. The number of aromatic nitrogens is 3. The van der Waals surface area contributed by atoms with Gasteiger partial charge in [-0.2, -0.15) is 0 Å². The number of aryl methyl sites for hydroxylation is 1. The molecule has 5 aromatic rings. The number of benzene rings is 3. The highest BCUT2D eigenvalue weighted by molar-refractivity contribution is 5.96. The summed E-state index contributed by atoms with van der Waals surface area (Å²) < 4.78 is 0. The summed E-state index contributed by atoms with van der Waals surface area (Å²) >= 11 is 0. The first-order valence-corrected chi connectivity index (χ1v) is 20.9. The summed E-state index contributed by atoms with van der Waals surface area (Å²) in [5.41, 5.74) is 15.0. The number of aliphatic hydroxyl groups excluding tert-OH is 2. The lowest BCUT2D eigenvalue weighted by molar-refractivity contribution is -0.134. The van der Waals surface area contributed by atoms with Gasteiger partial charge in [0.25, 0.3) is 0 Å². The number of carbonyl (C=O) groups is 5. The van der Waals surface area contributed by atoms with E-state index in [4.69, 9.17) is 11.5 Å². The number of hydrogen-bond donors (Lipinski definition) is 11. The number of hydrogen-bond acceptors (Lipinski definition) is 9.